The van der Waals surface area contributed by atoms with Crippen molar-refractivity contribution in [3.05, 3.63) is 59.7 Å². The number of aryl methyl sites for hydroxylation is 1. The van der Waals surface area contributed by atoms with Gasteiger partial charge >= 0.3 is 0 Å². The summed E-state index contributed by atoms with van der Waals surface area (Å²) in [6.45, 7) is 1.90. The van der Waals surface area contributed by atoms with E-state index < -0.39 is 0 Å². The number of nitrogens with zero attached hydrogens (tertiary/aromatic N) is 1. The highest BCUT2D eigenvalue weighted by molar-refractivity contribution is 7.98. The van der Waals surface area contributed by atoms with E-state index in [-0.39, 0.29) is 12.5 Å². The summed E-state index contributed by atoms with van der Waals surface area (Å²) in [6, 6.07) is 15.5. The summed E-state index contributed by atoms with van der Waals surface area (Å²) in [7, 11) is 0. The Morgan fingerprint density at radius 3 is 2.77 bits per heavy atom. The van der Waals surface area contributed by atoms with E-state index >= 15 is 0 Å². The van der Waals surface area contributed by atoms with E-state index in [1.807, 2.05) is 61.7 Å². The van der Waals surface area contributed by atoms with E-state index in [1.54, 1.807) is 18.0 Å². The lowest BCUT2D eigenvalue weighted by Crippen LogP contribution is -2.16. The highest BCUT2D eigenvalue weighted by Crippen LogP contribution is 2.18. The van der Waals surface area contributed by atoms with Crippen LogP contribution in [-0.2, 0) is 9.63 Å². The topological polar surface area (TPSA) is 50.7 Å². The van der Waals surface area contributed by atoms with E-state index in [1.165, 1.54) is 5.56 Å². The third-order valence-electron chi connectivity index (χ3n) is 2.90. The number of oxime groups is 1. The van der Waals surface area contributed by atoms with E-state index in [2.05, 4.69) is 10.5 Å². The van der Waals surface area contributed by atoms with Crippen LogP contribution in [-0.4, -0.2) is 25.0 Å². The summed E-state index contributed by atoms with van der Waals surface area (Å²) >= 11 is 1.62. The van der Waals surface area contributed by atoms with Gasteiger partial charge in [0.1, 0.15) is 0 Å². The van der Waals surface area contributed by atoms with Gasteiger partial charge in [0.05, 0.1) is 6.21 Å². The highest BCUT2D eigenvalue weighted by Gasteiger charge is 2.03. The molecule has 0 aliphatic carbocycles. The van der Waals surface area contributed by atoms with E-state index in [9.17, 15) is 4.79 Å². The third-order valence-corrected chi connectivity index (χ3v) is 3.63. The van der Waals surface area contributed by atoms with E-state index in [0.29, 0.717) is 0 Å². The number of amides is 1. The molecule has 114 valence electrons. The lowest BCUT2D eigenvalue weighted by atomic mass is 10.2. The van der Waals surface area contributed by atoms with Crippen LogP contribution in [0.25, 0.3) is 0 Å². The Kier molecular flexibility index (Phi) is 6.03. The molecule has 0 fully saturated rings. The summed E-state index contributed by atoms with van der Waals surface area (Å²) in [5.74, 6) is -0.237. The predicted molar refractivity (Wildman–Crippen MR) is 91.6 cm³/mol. The van der Waals surface area contributed by atoms with Gasteiger partial charge in [-0.1, -0.05) is 41.1 Å². The van der Waals surface area contributed by atoms with Gasteiger partial charge in [0.15, 0.2) is 6.61 Å². The van der Waals surface area contributed by atoms with Crippen molar-refractivity contribution in [2.45, 2.75) is 11.8 Å². The predicted octanol–water partition coefficient (Wildman–Crippen LogP) is 3.71. The van der Waals surface area contributed by atoms with Crippen molar-refractivity contribution in [3.63, 3.8) is 0 Å². The number of hydrogen-bond acceptors (Lipinski definition) is 4. The Hall–Kier alpha value is -2.27. The van der Waals surface area contributed by atoms with Gasteiger partial charge < -0.3 is 10.2 Å². The van der Waals surface area contributed by atoms with Crippen molar-refractivity contribution >= 4 is 29.6 Å². The average molecular weight is 314 g/mol. The first-order valence-corrected chi connectivity index (χ1v) is 8.06. The molecule has 2 aromatic rings. The number of thioether (sulfide) groups is 1. The van der Waals surface area contributed by atoms with Crippen molar-refractivity contribution in [3.8, 4) is 0 Å². The second kappa shape index (κ2) is 8.24. The molecule has 5 heteroatoms. The molecule has 1 N–H and O–H groups in total. The van der Waals surface area contributed by atoms with Gasteiger partial charge in [-0.3, -0.25) is 4.79 Å². The van der Waals surface area contributed by atoms with Crippen LogP contribution in [0.4, 0.5) is 5.69 Å². The van der Waals surface area contributed by atoms with Crippen LogP contribution < -0.4 is 5.32 Å². The Labute approximate surface area is 134 Å². The fourth-order valence-corrected chi connectivity index (χ4v) is 2.20. The van der Waals surface area contributed by atoms with Crippen molar-refractivity contribution in [2.75, 3.05) is 18.2 Å². The Morgan fingerprint density at radius 2 is 2.05 bits per heavy atom. The van der Waals surface area contributed by atoms with Crippen molar-refractivity contribution < 1.29 is 9.63 Å². The molecule has 0 saturated carbocycles. The molecule has 2 rings (SSSR count). The summed E-state index contributed by atoms with van der Waals surface area (Å²) < 4.78 is 0. The average Bonchev–Trinajstić information content (AvgIpc) is 2.53. The standard InChI is InChI=1S/C17H18N2O2S/c1-13-6-8-14(9-7-13)11-18-21-12-17(20)19-15-4-3-5-16(10-15)22-2/h3-11H,12H2,1-2H3,(H,19,20)/b18-11-. The first-order chi connectivity index (χ1) is 10.7. The maximum atomic E-state index is 11.8. The van der Waals surface area contributed by atoms with Gasteiger partial charge in [-0.2, -0.15) is 0 Å². The quantitative estimate of drug-likeness (QED) is 0.502. The zero-order valence-corrected chi connectivity index (χ0v) is 13.4. The minimum Gasteiger partial charge on any atom is -0.386 e. The molecule has 0 spiro atoms. The molecule has 0 radical (unpaired) electrons. The third kappa shape index (κ3) is 5.26. The smallest absolute Gasteiger partial charge is 0.265 e. The molecule has 0 heterocycles. The number of benzene rings is 2. The zero-order chi connectivity index (χ0) is 15.8. The molecule has 0 unspecified atom stereocenters. The second-order valence-corrected chi connectivity index (χ2v) is 5.58. The molecule has 0 aromatic heterocycles. The summed E-state index contributed by atoms with van der Waals surface area (Å²) in [5, 5.41) is 6.57. The van der Waals surface area contributed by atoms with Gasteiger partial charge in [0.25, 0.3) is 5.91 Å². The summed E-state index contributed by atoms with van der Waals surface area (Å²) in [5.41, 5.74) is 2.87. The zero-order valence-electron chi connectivity index (χ0n) is 12.6. The molecule has 0 saturated heterocycles. The Morgan fingerprint density at radius 1 is 1.27 bits per heavy atom. The number of nitrogens with one attached hydrogen (secondary N) is 1. The number of rotatable bonds is 6. The SMILES string of the molecule is CSc1cccc(NC(=O)CO/N=C\c2ccc(C)cc2)c1. The fraction of sp³-hybridized carbons (Fsp3) is 0.176. The van der Waals surface area contributed by atoms with Crippen LogP contribution in [0.5, 0.6) is 0 Å². The molecule has 22 heavy (non-hydrogen) atoms. The second-order valence-electron chi connectivity index (χ2n) is 4.70. The molecular weight excluding hydrogens is 296 g/mol. The molecular formula is C17H18N2O2S. The van der Waals surface area contributed by atoms with Crippen LogP contribution in [0, 0.1) is 6.92 Å². The van der Waals surface area contributed by atoms with Crippen LogP contribution in [0.1, 0.15) is 11.1 Å². The largest absolute Gasteiger partial charge is 0.386 e. The molecule has 0 atom stereocenters. The van der Waals surface area contributed by atoms with Gasteiger partial charge in [0, 0.05) is 10.6 Å². The number of carbonyl (C=O) groups is 1. The summed E-state index contributed by atoms with van der Waals surface area (Å²) in [4.78, 5) is 17.9. The van der Waals surface area contributed by atoms with Gasteiger partial charge in [0.2, 0.25) is 0 Å². The van der Waals surface area contributed by atoms with Crippen LogP contribution >= 0.6 is 11.8 Å². The van der Waals surface area contributed by atoms with Gasteiger partial charge in [-0.25, -0.2) is 0 Å². The van der Waals surface area contributed by atoms with Crippen LogP contribution in [0.15, 0.2) is 58.6 Å². The van der Waals surface area contributed by atoms with E-state index in [4.69, 9.17) is 4.84 Å². The molecule has 4 nitrogen and oxygen atoms in total. The number of anilines is 1. The lowest BCUT2D eigenvalue weighted by Gasteiger charge is -2.05. The fourth-order valence-electron chi connectivity index (χ4n) is 1.74. The van der Waals surface area contributed by atoms with Crippen LogP contribution in [0.3, 0.4) is 0 Å². The lowest BCUT2D eigenvalue weighted by molar-refractivity contribution is -0.120. The summed E-state index contributed by atoms with van der Waals surface area (Å²) in [6.07, 6.45) is 3.57. The highest BCUT2D eigenvalue weighted by atomic mass is 32.2. The Balaban J connectivity index is 1.78. The number of hydrogen-bond donors (Lipinski definition) is 1. The molecule has 0 aliphatic heterocycles. The van der Waals surface area contributed by atoms with Gasteiger partial charge in [-0.05, 0) is 36.9 Å². The van der Waals surface area contributed by atoms with E-state index in [0.717, 1.165) is 16.1 Å². The molecule has 2 aromatic carbocycles. The van der Waals surface area contributed by atoms with Crippen molar-refractivity contribution in [2.24, 2.45) is 5.16 Å². The van der Waals surface area contributed by atoms with Gasteiger partial charge in [-0.15, -0.1) is 11.8 Å². The molecule has 1 amide bonds. The first-order valence-electron chi connectivity index (χ1n) is 6.83. The monoisotopic (exact) mass is 314 g/mol. The normalized spacial score (nSPS) is 10.6. The Bertz CT molecular complexity index is 654. The van der Waals surface area contributed by atoms with Crippen molar-refractivity contribution in [1.82, 2.24) is 0 Å². The minimum absolute atomic E-state index is 0.119. The minimum atomic E-state index is -0.237. The first kappa shape index (κ1) is 16.1. The molecule has 0 bridgehead atoms. The molecule has 0 aliphatic rings. The van der Waals surface area contributed by atoms with Crippen molar-refractivity contribution in [1.29, 1.82) is 0 Å². The van der Waals surface area contributed by atoms with Crippen LogP contribution in [0.2, 0.25) is 0 Å². The maximum Gasteiger partial charge on any atom is 0.265 e. The number of carbonyl (C=O) groups excluding carboxylic acids is 1. The maximum absolute atomic E-state index is 11.8.